The fourth-order valence-electron chi connectivity index (χ4n) is 1.73. The second kappa shape index (κ2) is 6.44. The summed E-state index contributed by atoms with van der Waals surface area (Å²) in [7, 11) is 0. The molecule has 0 fully saturated rings. The lowest BCUT2D eigenvalue weighted by Gasteiger charge is -2.07. The summed E-state index contributed by atoms with van der Waals surface area (Å²) in [6.07, 6.45) is 0. The van der Waals surface area contributed by atoms with Crippen LogP contribution in [0.3, 0.4) is 0 Å². The van der Waals surface area contributed by atoms with Crippen LogP contribution in [0.5, 0.6) is 0 Å². The molecule has 0 unspecified atom stereocenters. The molecule has 0 saturated carbocycles. The van der Waals surface area contributed by atoms with E-state index in [1.165, 1.54) is 20.5 Å². The van der Waals surface area contributed by atoms with Crippen molar-refractivity contribution in [3.8, 4) is 0 Å². The predicted octanol–water partition coefficient (Wildman–Crippen LogP) is 5.86. The van der Waals surface area contributed by atoms with Crippen molar-refractivity contribution in [2.45, 2.75) is 30.4 Å². The van der Waals surface area contributed by atoms with Gasteiger partial charge in [0.05, 0.1) is 0 Å². The van der Waals surface area contributed by atoms with Gasteiger partial charge in [0.1, 0.15) is 0 Å². The molecule has 2 heteroatoms. The van der Waals surface area contributed by atoms with Gasteiger partial charge in [-0.25, -0.2) is 0 Å². The van der Waals surface area contributed by atoms with Crippen molar-refractivity contribution in [1.29, 1.82) is 0 Å². The van der Waals surface area contributed by atoms with Gasteiger partial charge in [0.2, 0.25) is 0 Å². The molecule has 2 rings (SSSR count). The molecule has 0 atom stereocenters. The van der Waals surface area contributed by atoms with Crippen LogP contribution in [-0.4, -0.2) is 0 Å². The van der Waals surface area contributed by atoms with E-state index in [2.05, 4.69) is 78.3 Å². The maximum atomic E-state index is 3.59. The molecular formula is C16H17BrS. The lowest BCUT2D eigenvalue weighted by Crippen LogP contribution is -1.86. The minimum atomic E-state index is 0.604. The molecule has 94 valence electrons. The summed E-state index contributed by atoms with van der Waals surface area (Å²) in [6.45, 7) is 4.45. The molecule has 2 aromatic carbocycles. The van der Waals surface area contributed by atoms with Crippen LogP contribution in [0.1, 0.15) is 30.9 Å². The lowest BCUT2D eigenvalue weighted by molar-refractivity contribution is 0.865. The summed E-state index contributed by atoms with van der Waals surface area (Å²) < 4.78 is 1.19. The zero-order valence-electron chi connectivity index (χ0n) is 10.7. The zero-order chi connectivity index (χ0) is 13.0. The average molecular weight is 321 g/mol. The largest absolute Gasteiger partial charge is 0.121 e. The van der Waals surface area contributed by atoms with Gasteiger partial charge >= 0.3 is 0 Å². The monoisotopic (exact) mass is 320 g/mol. The third-order valence-corrected chi connectivity index (χ3v) is 4.73. The molecule has 18 heavy (non-hydrogen) atoms. The van der Waals surface area contributed by atoms with Crippen LogP contribution in [0.15, 0.2) is 57.9 Å². The van der Waals surface area contributed by atoms with Crippen LogP contribution in [0.25, 0.3) is 0 Å². The zero-order valence-corrected chi connectivity index (χ0v) is 13.1. The molecule has 0 aliphatic rings. The third kappa shape index (κ3) is 3.63. The van der Waals surface area contributed by atoms with Gasteiger partial charge in [0.15, 0.2) is 0 Å². The summed E-state index contributed by atoms with van der Waals surface area (Å²) in [5.41, 5.74) is 2.75. The summed E-state index contributed by atoms with van der Waals surface area (Å²) in [4.78, 5) is 1.33. The first-order chi connectivity index (χ1) is 8.66. The number of thioether (sulfide) groups is 1. The average Bonchev–Trinajstić information content (AvgIpc) is 2.38. The Labute approximate surface area is 122 Å². The molecule has 2 aromatic rings. The van der Waals surface area contributed by atoms with Gasteiger partial charge < -0.3 is 0 Å². The van der Waals surface area contributed by atoms with Gasteiger partial charge in [-0.3, -0.25) is 0 Å². The first-order valence-electron chi connectivity index (χ1n) is 6.13. The molecule has 0 aliphatic heterocycles. The molecule has 0 amide bonds. The van der Waals surface area contributed by atoms with E-state index >= 15 is 0 Å². The number of hydrogen-bond acceptors (Lipinski definition) is 1. The number of benzene rings is 2. The van der Waals surface area contributed by atoms with E-state index in [0.717, 1.165) is 5.75 Å². The van der Waals surface area contributed by atoms with Crippen molar-refractivity contribution in [3.05, 3.63) is 64.1 Å². The first kappa shape index (κ1) is 13.7. The van der Waals surface area contributed by atoms with Crippen LogP contribution >= 0.6 is 27.7 Å². The standard InChI is InChI=1S/C16H17BrS/c1-12(2)13-7-9-15(10-8-13)18-11-14-5-3-4-6-16(14)17/h3-10,12H,11H2,1-2H3. The smallest absolute Gasteiger partial charge is 0.0243 e. The van der Waals surface area contributed by atoms with E-state index in [1.807, 2.05) is 11.8 Å². The van der Waals surface area contributed by atoms with Crippen molar-refractivity contribution in [1.82, 2.24) is 0 Å². The van der Waals surface area contributed by atoms with Gasteiger partial charge in [-0.05, 0) is 35.2 Å². The molecule has 0 nitrogen and oxygen atoms in total. The fraction of sp³-hybridized carbons (Fsp3) is 0.250. The molecule has 0 aromatic heterocycles. The van der Waals surface area contributed by atoms with E-state index < -0.39 is 0 Å². The third-order valence-electron chi connectivity index (χ3n) is 2.90. The van der Waals surface area contributed by atoms with Crippen LogP contribution in [0, 0.1) is 0 Å². The Hall–Kier alpha value is -0.730. The van der Waals surface area contributed by atoms with Crippen molar-refractivity contribution < 1.29 is 0 Å². The van der Waals surface area contributed by atoms with E-state index in [-0.39, 0.29) is 0 Å². The SMILES string of the molecule is CC(C)c1ccc(SCc2ccccc2Br)cc1. The van der Waals surface area contributed by atoms with E-state index in [1.54, 1.807) is 0 Å². The van der Waals surface area contributed by atoms with Crippen LogP contribution in [0.4, 0.5) is 0 Å². The second-order valence-corrected chi connectivity index (χ2v) is 6.51. The highest BCUT2D eigenvalue weighted by molar-refractivity contribution is 9.10. The van der Waals surface area contributed by atoms with Crippen LogP contribution < -0.4 is 0 Å². The van der Waals surface area contributed by atoms with E-state index in [9.17, 15) is 0 Å². The van der Waals surface area contributed by atoms with Crippen LogP contribution in [-0.2, 0) is 5.75 Å². The van der Waals surface area contributed by atoms with Gasteiger partial charge in [-0.15, -0.1) is 11.8 Å². The molecule has 0 heterocycles. The van der Waals surface area contributed by atoms with Crippen molar-refractivity contribution in [2.24, 2.45) is 0 Å². The maximum Gasteiger partial charge on any atom is 0.0243 e. The molecule has 0 saturated heterocycles. The van der Waals surface area contributed by atoms with Crippen molar-refractivity contribution in [3.63, 3.8) is 0 Å². The number of halogens is 1. The number of hydrogen-bond donors (Lipinski definition) is 0. The Morgan fingerprint density at radius 2 is 1.67 bits per heavy atom. The van der Waals surface area contributed by atoms with E-state index in [0.29, 0.717) is 5.92 Å². The first-order valence-corrected chi connectivity index (χ1v) is 7.91. The maximum absolute atomic E-state index is 3.59. The minimum absolute atomic E-state index is 0.604. The second-order valence-electron chi connectivity index (χ2n) is 4.60. The fourth-order valence-corrected chi connectivity index (χ4v) is 3.24. The Morgan fingerprint density at radius 3 is 2.28 bits per heavy atom. The molecule has 0 spiro atoms. The highest BCUT2D eigenvalue weighted by Gasteiger charge is 2.02. The highest BCUT2D eigenvalue weighted by Crippen LogP contribution is 2.27. The normalized spacial score (nSPS) is 10.9. The molecule has 0 N–H and O–H groups in total. The van der Waals surface area contributed by atoms with Gasteiger partial charge in [0, 0.05) is 15.1 Å². The van der Waals surface area contributed by atoms with Gasteiger partial charge in [-0.1, -0.05) is 60.1 Å². The molecule has 0 bridgehead atoms. The molecule has 0 radical (unpaired) electrons. The Kier molecular flexibility index (Phi) is 4.90. The Morgan fingerprint density at radius 1 is 1.00 bits per heavy atom. The quantitative estimate of drug-likeness (QED) is 0.635. The summed E-state index contributed by atoms with van der Waals surface area (Å²) in [5, 5.41) is 0. The number of rotatable bonds is 4. The summed E-state index contributed by atoms with van der Waals surface area (Å²) >= 11 is 5.47. The van der Waals surface area contributed by atoms with Crippen molar-refractivity contribution >= 4 is 27.7 Å². The Balaban J connectivity index is 2.00. The molecular weight excluding hydrogens is 304 g/mol. The van der Waals surface area contributed by atoms with Gasteiger partial charge in [-0.2, -0.15) is 0 Å². The summed E-state index contributed by atoms with van der Waals surface area (Å²) in [5.74, 6) is 1.61. The predicted molar refractivity (Wildman–Crippen MR) is 84.2 cm³/mol. The highest BCUT2D eigenvalue weighted by atomic mass is 79.9. The Bertz CT molecular complexity index is 503. The lowest BCUT2D eigenvalue weighted by atomic mass is 10.0. The van der Waals surface area contributed by atoms with Gasteiger partial charge in [0.25, 0.3) is 0 Å². The van der Waals surface area contributed by atoms with Crippen molar-refractivity contribution in [2.75, 3.05) is 0 Å². The molecule has 0 aliphatic carbocycles. The topological polar surface area (TPSA) is 0 Å². The van der Waals surface area contributed by atoms with E-state index in [4.69, 9.17) is 0 Å². The summed E-state index contributed by atoms with van der Waals surface area (Å²) in [6, 6.07) is 17.3. The van der Waals surface area contributed by atoms with Crippen LogP contribution in [0.2, 0.25) is 0 Å². The minimum Gasteiger partial charge on any atom is -0.121 e.